The molecule has 42 heavy (non-hydrogen) atoms. The first-order chi connectivity index (χ1) is 19.8. The van der Waals surface area contributed by atoms with Gasteiger partial charge in [-0.25, -0.2) is 0 Å². The molecule has 1 aromatic rings. The Bertz CT molecular complexity index is 1160. The van der Waals surface area contributed by atoms with Crippen molar-refractivity contribution in [1.82, 2.24) is 15.5 Å². The molecule has 232 valence electrons. The Kier molecular flexibility index (Phi) is 13.2. The van der Waals surface area contributed by atoms with Crippen LogP contribution >= 0.6 is 0 Å². The lowest BCUT2D eigenvalue weighted by molar-refractivity contribution is -0.151. The van der Waals surface area contributed by atoms with Crippen LogP contribution in [0, 0.1) is 5.41 Å². The van der Waals surface area contributed by atoms with Gasteiger partial charge in [0, 0.05) is 37.3 Å². The van der Waals surface area contributed by atoms with Gasteiger partial charge in [0.2, 0.25) is 5.91 Å². The summed E-state index contributed by atoms with van der Waals surface area (Å²) in [4.78, 5) is 42.9. The molecule has 1 aliphatic heterocycles. The molecule has 1 heterocycles. The van der Waals surface area contributed by atoms with Crippen molar-refractivity contribution >= 4 is 23.4 Å². The maximum Gasteiger partial charge on any atom is 0.255 e. The average molecular weight is 591 g/mol. The predicted molar refractivity (Wildman–Crippen MR) is 154 cm³/mol. The number of aliphatic hydroxyl groups is 3. The molecular formula is C28H42N6O8. The van der Waals surface area contributed by atoms with E-state index in [-0.39, 0.29) is 41.4 Å². The van der Waals surface area contributed by atoms with E-state index in [0.717, 1.165) is 0 Å². The molecule has 6 N–H and O–H groups in total. The van der Waals surface area contributed by atoms with Gasteiger partial charge in [0.05, 0.1) is 5.56 Å². The maximum atomic E-state index is 13.2. The fourth-order valence-electron chi connectivity index (χ4n) is 4.39. The number of hydrogen-bond donors (Lipinski definition) is 6. The standard InChI is InChI=1S/C28H42N6O8/c1-28(2,3)12-11-21(36)22(37)23(38)24(42-4)26(40)31-19-8-5-6-14-34(27(19)41)15-7-13-30-25(39)18-16-17(32-33-29)9-10-20(18)35/h9-12,16,19,21-24,35-38H,5-8,13-15H2,1-4H3,(H,30,39)(H,31,40)/t19-,21+,22-,23+,24+/m0/s1. The second kappa shape index (κ2) is 16.1. The van der Waals surface area contributed by atoms with Gasteiger partial charge in [-0.2, -0.15) is 0 Å². The van der Waals surface area contributed by atoms with Gasteiger partial charge in [-0.05, 0) is 54.8 Å². The molecule has 1 aliphatic rings. The predicted octanol–water partition coefficient (Wildman–Crippen LogP) is 1.65. The molecule has 0 saturated carbocycles. The number of carbonyl (C=O) groups is 3. The van der Waals surface area contributed by atoms with Crippen LogP contribution in [-0.4, -0.2) is 100 Å². The summed E-state index contributed by atoms with van der Waals surface area (Å²) in [5.41, 5.74) is 8.42. The van der Waals surface area contributed by atoms with Crippen LogP contribution in [0.2, 0.25) is 0 Å². The van der Waals surface area contributed by atoms with Crippen molar-refractivity contribution in [2.45, 2.75) is 76.9 Å². The minimum Gasteiger partial charge on any atom is -0.507 e. The van der Waals surface area contributed by atoms with E-state index in [4.69, 9.17) is 10.3 Å². The molecule has 1 aromatic carbocycles. The van der Waals surface area contributed by atoms with Crippen LogP contribution in [0.5, 0.6) is 5.75 Å². The highest BCUT2D eigenvalue weighted by Crippen LogP contribution is 2.23. The van der Waals surface area contributed by atoms with E-state index in [1.54, 1.807) is 11.0 Å². The van der Waals surface area contributed by atoms with E-state index >= 15 is 0 Å². The first-order valence-electron chi connectivity index (χ1n) is 13.8. The molecule has 0 aromatic heterocycles. The molecule has 0 unspecified atom stereocenters. The summed E-state index contributed by atoms with van der Waals surface area (Å²) in [6, 6.07) is 3.01. The number of aliphatic hydroxyl groups excluding tert-OH is 3. The number of phenols is 1. The van der Waals surface area contributed by atoms with Gasteiger partial charge in [-0.15, -0.1) is 0 Å². The molecule has 14 heteroatoms. The lowest BCUT2D eigenvalue weighted by Crippen LogP contribution is -2.56. The van der Waals surface area contributed by atoms with Crippen LogP contribution in [0.3, 0.4) is 0 Å². The Balaban J connectivity index is 1.95. The number of nitrogens with zero attached hydrogens (tertiary/aromatic N) is 4. The van der Waals surface area contributed by atoms with Crippen LogP contribution in [0.25, 0.3) is 10.4 Å². The highest BCUT2D eigenvalue weighted by molar-refractivity contribution is 5.97. The van der Waals surface area contributed by atoms with Crippen molar-refractivity contribution in [3.8, 4) is 5.75 Å². The lowest BCUT2D eigenvalue weighted by atomic mass is 9.94. The molecule has 0 bridgehead atoms. The minimum atomic E-state index is -1.76. The maximum absolute atomic E-state index is 13.2. The fraction of sp³-hybridized carbons (Fsp3) is 0.607. The van der Waals surface area contributed by atoms with Gasteiger partial charge < -0.3 is 40.7 Å². The Morgan fingerprint density at radius 3 is 2.60 bits per heavy atom. The van der Waals surface area contributed by atoms with E-state index in [9.17, 15) is 34.8 Å². The zero-order valence-electron chi connectivity index (χ0n) is 24.4. The number of azide groups is 1. The van der Waals surface area contributed by atoms with Gasteiger partial charge in [0.25, 0.3) is 11.8 Å². The zero-order chi connectivity index (χ0) is 31.4. The quantitative estimate of drug-likeness (QED) is 0.0651. The Morgan fingerprint density at radius 1 is 1.24 bits per heavy atom. The molecular weight excluding hydrogens is 548 g/mol. The molecule has 3 amide bonds. The number of likely N-dealkylation sites (tertiary alicyclic amines) is 1. The number of aromatic hydroxyl groups is 1. The summed E-state index contributed by atoms with van der Waals surface area (Å²) >= 11 is 0. The van der Waals surface area contributed by atoms with Crippen molar-refractivity contribution in [1.29, 1.82) is 0 Å². The summed E-state index contributed by atoms with van der Waals surface area (Å²) in [7, 11) is 1.18. The first-order valence-corrected chi connectivity index (χ1v) is 13.8. The van der Waals surface area contributed by atoms with Crippen molar-refractivity contribution < 1.29 is 39.5 Å². The van der Waals surface area contributed by atoms with Crippen molar-refractivity contribution in [2.24, 2.45) is 10.5 Å². The van der Waals surface area contributed by atoms with Crippen molar-refractivity contribution in [3.05, 3.63) is 46.4 Å². The molecule has 0 spiro atoms. The molecule has 2 rings (SSSR count). The molecule has 0 radical (unpaired) electrons. The lowest BCUT2D eigenvalue weighted by Gasteiger charge is -2.29. The smallest absolute Gasteiger partial charge is 0.255 e. The van der Waals surface area contributed by atoms with Gasteiger partial charge in [0.15, 0.2) is 6.10 Å². The summed E-state index contributed by atoms with van der Waals surface area (Å²) < 4.78 is 5.13. The number of phenolic OH excluding ortho intramolecular Hbond substituents is 1. The number of methoxy groups -OCH3 is 1. The number of benzene rings is 1. The highest BCUT2D eigenvalue weighted by atomic mass is 16.5. The number of carbonyl (C=O) groups excluding carboxylic acids is 3. The third kappa shape index (κ3) is 10.3. The third-order valence-electron chi connectivity index (χ3n) is 6.69. The van der Waals surface area contributed by atoms with Crippen molar-refractivity contribution in [2.75, 3.05) is 26.7 Å². The SMILES string of the molecule is CO[C@@H](C(=O)N[C@H]1CCCCN(CCCNC(=O)c2cc(N=[N+]=[N-])ccc2O)C1=O)[C@H](O)[C@@H](O)[C@H](O)C=CC(C)(C)C. The number of amides is 3. The van der Waals surface area contributed by atoms with Gasteiger partial charge in [-0.1, -0.05) is 38.0 Å². The van der Waals surface area contributed by atoms with E-state index in [2.05, 4.69) is 20.7 Å². The summed E-state index contributed by atoms with van der Waals surface area (Å²) in [6.07, 6.45) is -1.32. The van der Waals surface area contributed by atoms with Crippen LogP contribution in [0.4, 0.5) is 5.69 Å². The van der Waals surface area contributed by atoms with E-state index in [1.807, 2.05) is 20.8 Å². The normalized spacial score (nSPS) is 18.9. The molecule has 5 atom stereocenters. The Hall–Kier alpha value is -3.68. The van der Waals surface area contributed by atoms with Crippen LogP contribution in [0.1, 0.15) is 56.8 Å². The Labute approximate surface area is 245 Å². The largest absolute Gasteiger partial charge is 0.507 e. The summed E-state index contributed by atoms with van der Waals surface area (Å²) in [5, 5.41) is 49.9. The number of allylic oxidation sites excluding steroid dienone is 1. The molecule has 1 saturated heterocycles. The van der Waals surface area contributed by atoms with Gasteiger partial charge in [0.1, 0.15) is 30.1 Å². The van der Waals surface area contributed by atoms with Crippen LogP contribution in [0.15, 0.2) is 35.5 Å². The average Bonchev–Trinajstić information content (AvgIpc) is 3.11. The monoisotopic (exact) mass is 590 g/mol. The van der Waals surface area contributed by atoms with E-state index < -0.39 is 42.3 Å². The highest BCUT2D eigenvalue weighted by Gasteiger charge is 2.37. The number of rotatable bonds is 13. The summed E-state index contributed by atoms with van der Waals surface area (Å²) in [6.45, 7) is 6.62. The summed E-state index contributed by atoms with van der Waals surface area (Å²) in [5.74, 6) is -1.97. The Morgan fingerprint density at radius 2 is 1.95 bits per heavy atom. The number of ether oxygens (including phenoxy) is 1. The molecule has 1 fully saturated rings. The third-order valence-corrected chi connectivity index (χ3v) is 6.69. The number of hydrogen-bond acceptors (Lipinski definition) is 9. The van der Waals surface area contributed by atoms with Crippen molar-refractivity contribution in [3.63, 3.8) is 0 Å². The van der Waals surface area contributed by atoms with E-state index in [1.165, 1.54) is 31.4 Å². The second-order valence-corrected chi connectivity index (χ2v) is 11.2. The van der Waals surface area contributed by atoms with Gasteiger partial charge >= 0.3 is 0 Å². The molecule has 0 aliphatic carbocycles. The fourth-order valence-corrected chi connectivity index (χ4v) is 4.39. The minimum absolute atomic E-state index is 0.0497. The zero-order valence-corrected chi connectivity index (χ0v) is 24.4. The first kappa shape index (κ1) is 34.5. The van der Waals surface area contributed by atoms with Crippen LogP contribution < -0.4 is 10.6 Å². The molecule has 14 nitrogen and oxygen atoms in total. The van der Waals surface area contributed by atoms with Gasteiger partial charge in [-0.3, -0.25) is 14.4 Å². The number of nitrogens with one attached hydrogen (secondary N) is 2. The van der Waals surface area contributed by atoms with Crippen LogP contribution in [-0.2, 0) is 14.3 Å². The van der Waals surface area contributed by atoms with E-state index in [0.29, 0.717) is 32.2 Å². The topological polar surface area (TPSA) is 217 Å². The second-order valence-electron chi connectivity index (χ2n) is 11.2.